The van der Waals surface area contributed by atoms with Crippen molar-refractivity contribution in [1.82, 2.24) is 19.8 Å². The SMILES string of the molecule is CNC(=O)NC(=O)c1c(NC(=O)c2ccc(S(=O)(=O)N3CC(C)OC(C)C3)cc2)sc2c1CCN(C(C)=O)C2. The Morgan fingerprint density at radius 1 is 1.03 bits per heavy atom. The summed E-state index contributed by atoms with van der Waals surface area (Å²) in [7, 11) is -2.40. The summed E-state index contributed by atoms with van der Waals surface area (Å²) in [5.74, 6) is -1.33. The summed E-state index contributed by atoms with van der Waals surface area (Å²) in [5, 5.41) is 7.54. The highest BCUT2D eigenvalue weighted by Crippen LogP contribution is 2.37. The molecule has 0 radical (unpaired) electrons. The Bertz CT molecular complexity index is 1390. The number of fused-ring (bicyclic) bond motifs is 1. The van der Waals surface area contributed by atoms with Crippen molar-refractivity contribution < 1.29 is 32.3 Å². The van der Waals surface area contributed by atoms with Crippen LogP contribution in [-0.2, 0) is 32.5 Å². The predicted molar refractivity (Wildman–Crippen MR) is 144 cm³/mol. The molecular formula is C25H31N5O7S2. The zero-order valence-electron chi connectivity index (χ0n) is 22.1. The van der Waals surface area contributed by atoms with Crippen LogP contribution in [0, 0.1) is 0 Å². The number of carbonyl (C=O) groups excluding carboxylic acids is 4. The van der Waals surface area contributed by atoms with Crippen molar-refractivity contribution in [3.8, 4) is 0 Å². The van der Waals surface area contributed by atoms with E-state index < -0.39 is 27.9 Å². The van der Waals surface area contributed by atoms with Crippen LogP contribution in [0.25, 0.3) is 0 Å². The molecule has 2 aromatic rings. The van der Waals surface area contributed by atoms with Crippen LogP contribution in [0.4, 0.5) is 9.80 Å². The van der Waals surface area contributed by atoms with Crippen LogP contribution < -0.4 is 16.0 Å². The maximum absolute atomic E-state index is 13.1. The number of amides is 5. The Labute approximate surface area is 230 Å². The van der Waals surface area contributed by atoms with Crippen LogP contribution >= 0.6 is 11.3 Å². The molecule has 210 valence electrons. The van der Waals surface area contributed by atoms with E-state index in [-0.39, 0.29) is 58.8 Å². The monoisotopic (exact) mass is 577 g/mol. The molecule has 2 atom stereocenters. The van der Waals surface area contributed by atoms with Gasteiger partial charge in [-0.2, -0.15) is 4.31 Å². The highest BCUT2D eigenvalue weighted by molar-refractivity contribution is 7.89. The Balaban J connectivity index is 1.57. The standard InChI is InChI=1S/C25H31N5O7S2/c1-14-11-30(12-15(2)37-14)39(35,36)18-7-5-17(6-8-18)22(32)27-24-21(23(33)28-25(34)26-4)19-9-10-29(16(3)31)13-20(19)38-24/h5-8,14-15H,9-13H2,1-4H3,(H,27,32)(H2,26,28,33,34). The van der Waals surface area contributed by atoms with E-state index in [2.05, 4.69) is 16.0 Å². The molecule has 39 heavy (non-hydrogen) atoms. The first-order valence-electron chi connectivity index (χ1n) is 12.4. The minimum atomic E-state index is -3.77. The maximum Gasteiger partial charge on any atom is 0.321 e. The van der Waals surface area contributed by atoms with Crippen LogP contribution in [0.15, 0.2) is 29.2 Å². The molecule has 1 aromatic carbocycles. The van der Waals surface area contributed by atoms with Gasteiger partial charge < -0.3 is 20.3 Å². The number of nitrogens with one attached hydrogen (secondary N) is 3. The van der Waals surface area contributed by atoms with E-state index in [1.807, 2.05) is 13.8 Å². The van der Waals surface area contributed by atoms with E-state index in [9.17, 15) is 27.6 Å². The summed E-state index contributed by atoms with van der Waals surface area (Å²) in [5.41, 5.74) is 1.03. The fourth-order valence-electron chi connectivity index (χ4n) is 4.66. The highest BCUT2D eigenvalue weighted by Gasteiger charge is 2.33. The number of thiophene rings is 1. The summed E-state index contributed by atoms with van der Waals surface area (Å²) in [4.78, 5) is 52.3. The first-order valence-corrected chi connectivity index (χ1v) is 14.7. The molecule has 1 saturated heterocycles. The number of hydrogen-bond acceptors (Lipinski definition) is 8. The number of anilines is 1. The number of nitrogens with zero attached hydrogens (tertiary/aromatic N) is 2. The van der Waals surface area contributed by atoms with E-state index in [0.717, 1.165) is 16.2 Å². The van der Waals surface area contributed by atoms with Gasteiger partial charge in [-0.3, -0.25) is 19.7 Å². The molecular weight excluding hydrogens is 546 g/mol. The van der Waals surface area contributed by atoms with E-state index in [4.69, 9.17) is 4.74 Å². The largest absolute Gasteiger partial charge is 0.373 e. The molecule has 4 rings (SSSR count). The normalized spacial score (nSPS) is 19.6. The van der Waals surface area contributed by atoms with Gasteiger partial charge in [-0.1, -0.05) is 0 Å². The lowest BCUT2D eigenvalue weighted by Gasteiger charge is -2.34. The average molecular weight is 578 g/mol. The first-order chi connectivity index (χ1) is 18.4. The minimum Gasteiger partial charge on any atom is -0.373 e. The number of carbonyl (C=O) groups is 4. The van der Waals surface area contributed by atoms with Gasteiger partial charge in [-0.15, -0.1) is 11.3 Å². The third-order valence-electron chi connectivity index (χ3n) is 6.55. The van der Waals surface area contributed by atoms with Crippen molar-refractivity contribution in [2.24, 2.45) is 0 Å². The number of sulfonamides is 1. The number of hydrogen-bond donors (Lipinski definition) is 3. The van der Waals surface area contributed by atoms with Gasteiger partial charge in [0.15, 0.2) is 0 Å². The van der Waals surface area contributed by atoms with Gasteiger partial charge in [0.25, 0.3) is 11.8 Å². The Morgan fingerprint density at radius 2 is 1.67 bits per heavy atom. The number of morpholine rings is 1. The van der Waals surface area contributed by atoms with Gasteiger partial charge in [0, 0.05) is 44.0 Å². The number of urea groups is 1. The molecule has 2 aliphatic heterocycles. The van der Waals surface area contributed by atoms with Gasteiger partial charge in [0.05, 0.1) is 29.2 Å². The summed E-state index contributed by atoms with van der Waals surface area (Å²) in [6, 6.07) is 4.87. The van der Waals surface area contributed by atoms with Gasteiger partial charge in [0.1, 0.15) is 5.00 Å². The third kappa shape index (κ3) is 6.13. The Morgan fingerprint density at radius 3 is 2.26 bits per heavy atom. The molecule has 1 aromatic heterocycles. The lowest BCUT2D eigenvalue weighted by atomic mass is 10.0. The maximum atomic E-state index is 13.1. The lowest BCUT2D eigenvalue weighted by Crippen LogP contribution is -2.48. The van der Waals surface area contributed by atoms with Crippen LogP contribution in [0.1, 0.15) is 51.9 Å². The van der Waals surface area contributed by atoms with Crippen molar-refractivity contribution in [1.29, 1.82) is 0 Å². The van der Waals surface area contributed by atoms with Crippen LogP contribution in [0.5, 0.6) is 0 Å². The smallest absolute Gasteiger partial charge is 0.321 e. The molecule has 0 saturated carbocycles. The number of ether oxygens (including phenoxy) is 1. The van der Waals surface area contributed by atoms with Crippen LogP contribution in [0.3, 0.4) is 0 Å². The van der Waals surface area contributed by atoms with E-state index >= 15 is 0 Å². The second kappa shape index (κ2) is 11.4. The lowest BCUT2D eigenvalue weighted by molar-refractivity contribution is -0.129. The summed E-state index contributed by atoms with van der Waals surface area (Å²) in [6.45, 7) is 6.26. The number of benzene rings is 1. The summed E-state index contributed by atoms with van der Waals surface area (Å²) < 4.78 is 33.3. The third-order valence-corrected chi connectivity index (χ3v) is 9.53. The van der Waals surface area contributed by atoms with Gasteiger partial charge in [0.2, 0.25) is 15.9 Å². The molecule has 2 aliphatic rings. The van der Waals surface area contributed by atoms with E-state index in [0.29, 0.717) is 18.5 Å². The quantitative estimate of drug-likeness (QED) is 0.489. The zero-order chi connectivity index (χ0) is 28.5. The van der Waals surface area contributed by atoms with Gasteiger partial charge in [-0.25, -0.2) is 13.2 Å². The van der Waals surface area contributed by atoms with E-state index in [1.165, 1.54) is 42.5 Å². The van der Waals surface area contributed by atoms with Crippen LogP contribution in [-0.4, -0.2) is 80.3 Å². The Hall–Kier alpha value is -3.33. The molecule has 0 aliphatic carbocycles. The molecule has 0 bridgehead atoms. The molecule has 5 amide bonds. The van der Waals surface area contributed by atoms with Crippen molar-refractivity contribution >= 4 is 50.1 Å². The minimum absolute atomic E-state index is 0.0573. The van der Waals surface area contributed by atoms with E-state index in [1.54, 1.807) is 4.90 Å². The van der Waals surface area contributed by atoms with Crippen molar-refractivity contribution in [3.63, 3.8) is 0 Å². The molecule has 12 nitrogen and oxygen atoms in total. The molecule has 3 N–H and O–H groups in total. The van der Waals surface area contributed by atoms with Gasteiger partial charge >= 0.3 is 6.03 Å². The molecule has 1 fully saturated rings. The Kier molecular flexibility index (Phi) is 8.39. The van der Waals surface area contributed by atoms with Crippen molar-refractivity contribution in [2.45, 2.75) is 50.8 Å². The second-order valence-corrected chi connectivity index (χ2v) is 12.5. The topological polar surface area (TPSA) is 154 Å². The van der Waals surface area contributed by atoms with Crippen molar-refractivity contribution in [2.75, 3.05) is 32.0 Å². The fraction of sp³-hybridized carbons (Fsp3) is 0.440. The summed E-state index contributed by atoms with van der Waals surface area (Å²) in [6.07, 6.45) is -0.0756. The molecule has 2 unspecified atom stereocenters. The number of imide groups is 1. The average Bonchev–Trinajstić information content (AvgIpc) is 3.25. The second-order valence-electron chi connectivity index (χ2n) is 9.49. The number of rotatable bonds is 5. The fourth-order valence-corrected chi connectivity index (χ4v) is 7.50. The zero-order valence-corrected chi connectivity index (χ0v) is 23.7. The highest BCUT2D eigenvalue weighted by atomic mass is 32.2. The predicted octanol–water partition coefficient (Wildman–Crippen LogP) is 1.77. The van der Waals surface area contributed by atoms with Gasteiger partial charge in [-0.05, 0) is 50.1 Å². The molecule has 14 heteroatoms. The first kappa shape index (κ1) is 28.7. The molecule has 0 spiro atoms. The van der Waals surface area contributed by atoms with Crippen molar-refractivity contribution in [3.05, 3.63) is 45.8 Å². The van der Waals surface area contributed by atoms with Crippen LogP contribution in [0.2, 0.25) is 0 Å². The molecule has 3 heterocycles. The summed E-state index contributed by atoms with van der Waals surface area (Å²) >= 11 is 1.16.